The molecule has 0 heterocycles. The Kier molecular flexibility index (Phi) is 5.85. The van der Waals surface area contributed by atoms with E-state index >= 15 is 0 Å². The Morgan fingerprint density at radius 3 is 2.53 bits per heavy atom. The summed E-state index contributed by atoms with van der Waals surface area (Å²) in [4.78, 5) is 10.5. The van der Waals surface area contributed by atoms with Gasteiger partial charge in [-0.2, -0.15) is 0 Å². The van der Waals surface area contributed by atoms with Crippen molar-refractivity contribution in [3.05, 3.63) is 27.8 Å². The minimum absolute atomic E-state index is 0.0292. The summed E-state index contributed by atoms with van der Waals surface area (Å²) in [5.41, 5.74) is 0.298. The van der Waals surface area contributed by atoms with Gasteiger partial charge >= 0.3 is 0 Å². The molecule has 0 radical (unpaired) electrons. The van der Waals surface area contributed by atoms with Crippen LogP contribution in [0.1, 0.15) is 12.5 Å². The fraction of sp³-hybridized carbons (Fsp3) is 0.500. The number of benzene rings is 1. The molecule has 7 heteroatoms. The second-order valence-corrected chi connectivity index (χ2v) is 4.15. The summed E-state index contributed by atoms with van der Waals surface area (Å²) in [6.45, 7) is 2.10. The maximum absolute atomic E-state index is 11.0. The zero-order valence-electron chi connectivity index (χ0n) is 11.0. The van der Waals surface area contributed by atoms with Gasteiger partial charge in [-0.3, -0.25) is 10.1 Å². The zero-order chi connectivity index (χ0) is 14.4. The number of alkyl halides is 1. The van der Waals surface area contributed by atoms with Crippen molar-refractivity contribution in [3.8, 4) is 11.5 Å². The molecular formula is C12H16ClNO5. The molecule has 0 fully saturated rings. The molecule has 0 saturated heterocycles. The van der Waals surface area contributed by atoms with Gasteiger partial charge in [0.2, 0.25) is 0 Å². The van der Waals surface area contributed by atoms with Crippen molar-refractivity contribution < 1.29 is 19.1 Å². The van der Waals surface area contributed by atoms with Gasteiger partial charge in [-0.1, -0.05) is 0 Å². The van der Waals surface area contributed by atoms with E-state index in [9.17, 15) is 10.1 Å². The SMILES string of the molecule is COc1cc(CCl)c([N+](=O)[O-])cc1OCC(C)OC. The summed E-state index contributed by atoms with van der Waals surface area (Å²) < 4.78 is 15.7. The van der Waals surface area contributed by atoms with E-state index in [1.54, 1.807) is 7.11 Å². The van der Waals surface area contributed by atoms with Gasteiger partial charge in [0.1, 0.15) is 6.61 Å². The molecule has 1 rings (SSSR count). The molecule has 0 aliphatic carbocycles. The Morgan fingerprint density at radius 1 is 1.37 bits per heavy atom. The molecule has 0 bridgehead atoms. The molecule has 1 aromatic rings. The Balaban J connectivity index is 3.07. The minimum atomic E-state index is -0.496. The van der Waals surface area contributed by atoms with Crippen LogP contribution in [-0.4, -0.2) is 31.9 Å². The predicted molar refractivity (Wildman–Crippen MR) is 71.2 cm³/mol. The van der Waals surface area contributed by atoms with E-state index in [2.05, 4.69) is 0 Å². The minimum Gasteiger partial charge on any atom is -0.493 e. The molecule has 0 spiro atoms. The summed E-state index contributed by atoms with van der Waals surface area (Å²) in [5, 5.41) is 11.0. The molecule has 106 valence electrons. The number of hydrogen-bond acceptors (Lipinski definition) is 5. The Hall–Kier alpha value is -1.53. The van der Waals surface area contributed by atoms with Crippen molar-refractivity contribution in [1.82, 2.24) is 0 Å². The van der Waals surface area contributed by atoms with Gasteiger partial charge in [0.25, 0.3) is 5.69 Å². The molecule has 0 amide bonds. The first-order chi connectivity index (χ1) is 9.03. The monoisotopic (exact) mass is 289 g/mol. The molecule has 1 atom stereocenters. The van der Waals surface area contributed by atoms with E-state index in [0.29, 0.717) is 17.1 Å². The van der Waals surface area contributed by atoms with Crippen molar-refractivity contribution >= 4 is 17.3 Å². The van der Waals surface area contributed by atoms with Crippen LogP contribution in [0.25, 0.3) is 0 Å². The van der Waals surface area contributed by atoms with Crippen molar-refractivity contribution in [2.24, 2.45) is 0 Å². The standard InChI is InChI=1S/C12H16ClNO5/c1-8(17-2)7-19-12-5-10(14(15)16)9(6-13)4-11(12)18-3/h4-5,8H,6-7H2,1-3H3. The third-order valence-corrected chi connectivity index (χ3v) is 2.87. The Labute approximate surface area is 116 Å². The number of ether oxygens (including phenoxy) is 3. The average molecular weight is 290 g/mol. The van der Waals surface area contributed by atoms with E-state index in [1.807, 2.05) is 6.92 Å². The smallest absolute Gasteiger partial charge is 0.277 e. The summed E-state index contributed by atoms with van der Waals surface area (Å²) in [7, 11) is 3.02. The number of nitro groups is 1. The molecule has 6 nitrogen and oxygen atoms in total. The van der Waals surface area contributed by atoms with Gasteiger partial charge in [0.15, 0.2) is 11.5 Å². The van der Waals surface area contributed by atoms with E-state index in [1.165, 1.54) is 19.2 Å². The van der Waals surface area contributed by atoms with Crippen LogP contribution in [0, 0.1) is 10.1 Å². The molecule has 0 aromatic heterocycles. The fourth-order valence-electron chi connectivity index (χ4n) is 1.42. The van der Waals surface area contributed by atoms with E-state index in [-0.39, 0.29) is 24.3 Å². The lowest BCUT2D eigenvalue weighted by atomic mass is 10.2. The predicted octanol–water partition coefficient (Wildman–Crippen LogP) is 2.76. The Bertz CT molecular complexity index is 452. The van der Waals surface area contributed by atoms with E-state index in [4.69, 9.17) is 25.8 Å². The first-order valence-corrected chi connectivity index (χ1v) is 6.13. The topological polar surface area (TPSA) is 70.8 Å². The van der Waals surface area contributed by atoms with Crippen LogP contribution in [0.2, 0.25) is 0 Å². The van der Waals surface area contributed by atoms with Crippen molar-refractivity contribution in [2.45, 2.75) is 18.9 Å². The van der Waals surface area contributed by atoms with Crippen LogP contribution >= 0.6 is 11.6 Å². The lowest BCUT2D eigenvalue weighted by Crippen LogP contribution is -2.16. The maximum Gasteiger partial charge on any atom is 0.277 e. The molecule has 0 N–H and O–H groups in total. The number of hydrogen-bond donors (Lipinski definition) is 0. The number of nitrogens with zero attached hydrogens (tertiary/aromatic N) is 1. The van der Waals surface area contributed by atoms with Gasteiger partial charge in [0.05, 0.1) is 30.1 Å². The molecule has 1 aromatic carbocycles. The first kappa shape index (κ1) is 15.5. The highest BCUT2D eigenvalue weighted by atomic mass is 35.5. The van der Waals surface area contributed by atoms with Crippen LogP contribution in [-0.2, 0) is 10.6 Å². The summed E-state index contributed by atoms with van der Waals surface area (Å²) in [6, 6.07) is 2.83. The second-order valence-electron chi connectivity index (χ2n) is 3.88. The molecule has 0 saturated carbocycles. The van der Waals surface area contributed by atoms with Crippen LogP contribution in [0.4, 0.5) is 5.69 Å². The van der Waals surface area contributed by atoms with Gasteiger partial charge in [-0.15, -0.1) is 11.6 Å². The fourth-order valence-corrected chi connectivity index (χ4v) is 1.63. The van der Waals surface area contributed by atoms with Gasteiger partial charge in [-0.25, -0.2) is 0 Å². The largest absolute Gasteiger partial charge is 0.493 e. The number of methoxy groups -OCH3 is 2. The molecular weight excluding hydrogens is 274 g/mol. The second kappa shape index (κ2) is 7.16. The third kappa shape index (κ3) is 3.97. The normalized spacial score (nSPS) is 12.0. The van der Waals surface area contributed by atoms with Crippen LogP contribution < -0.4 is 9.47 Å². The number of halogens is 1. The molecule has 19 heavy (non-hydrogen) atoms. The highest BCUT2D eigenvalue weighted by Gasteiger charge is 2.19. The van der Waals surface area contributed by atoms with Gasteiger partial charge < -0.3 is 14.2 Å². The van der Waals surface area contributed by atoms with Crippen molar-refractivity contribution in [2.75, 3.05) is 20.8 Å². The quantitative estimate of drug-likeness (QED) is 0.438. The van der Waals surface area contributed by atoms with Gasteiger partial charge in [0, 0.05) is 12.7 Å². The highest BCUT2D eigenvalue weighted by Crippen LogP contribution is 2.35. The van der Waals surface area contributed by atoms with E-state index < -0.39 is 4.92 Å². The van der Waals surface area contributed by atoms with Crippen LogP contribution in [0.3, 0.4) is 0 Å². The molecule has 0 aliphatic rings. The van der Waals surface area contributed by atoms with E-state index in [0.717, 1.165) is 0 Å². The van der Waals surface area contributed by atoms with Crippen LogP contribution in [0.5, 0.6) is 11.5 Å². The average Bonchev–Trinajstić information content (AvgIpc) is 2.43. The Morgan fingerprint density at radius 2 is 2.05 bits per heavy atom. The third-order valence-electron chi connectivity index (χ3n) is 2.58. The first-order valence-electron chi connectivity index (χ1n) is 5.60. The maximum atomic E-state index is 11.0. The zero-order valence-corrected chi connectivity index (χ0v) is 11.8. The summed E-state index contributed by atoms with van der Waals surface area (Å²) in [5.74, 6) is 0.734. The van der Waals surface area contributed by atoms with Crippen molar-refractivity contribution in [3.63, 3.8) is 0 Å². The lowest BCUT2D eigenvalue weighted by Gasteiger charge is -2.14. The van der Waals surface area contributed by atoms with Crippen molar-refractivity contribution in [1.29, 1.82) is 0 Å². The summed E-state index contributed by atoms with van der Waals surface area (Å²) in [6.07, 6.45) is -0.128. The lowest BCUT2D eigenvalue weighted by molar-refractivity contribution is -0.385. The van der Waals surface area contributed by atoms with Crippen LogP contribution in [0.15, 0.2) is 12.1 Å². The number of rotatable bonds is 7. The van der Waals surface area contributed by atoms with Gasteiger partial charge in [-0.05, 0) is 13.0 Å². The highest BCUT2D eigenvalue weighted by molar-refractivity contribution is 6.17. The number of nitro benzene ring substituents is 1. The summed E-state index contributed by atoms with van der Waals surface area (Å²) >= 11 is 5.69. The molecule has 0 aliphatic heterocycles. The molecule has 1 unspecified atom stereocenters.